The summed E-state index contributed by atoms with van der Waals surface area (Å²) in [7, 11) is 0. The van der Waals surface area contributed by atoms with E-state index in [2.05, 4.69) is 15.0 Å². The average Bonchev–Trinajstić information content (AvgIpc) is 2.27. The number of rotatable bonds is 3. The van der Waals surface area contributed by atoms with Gasteiger partial charge in [0.15, 0.2) is 11.4 Å². The van der Waals surface area contributed by atoms with Crippen molar-refractivity contribution in [2.24, 2.45) is 0 Å². The van der Waals surface area contributed by atoms with E-state index in [1.54, 1.807) is 19.1 Å². The van der Waals surface area contributed by atoms with Crippen LogP contribution in [0.1, 0.15) is 22.0 Å². The summed E-state index contributed by atoms with van der Waals surface area (Å²) >= 11 is 0. The summed E-state index contributed by atoms with van der Waals surface area (Å²) < 4.78 is 5.44. The summed E-state index contributed by atoms with van der Waals surface area (Å²) in [6.45, 7) is 3.55. The van der Waals surface area contributed by atoms with Gasteiger partial charge in [0.25, 0.3) is 0 Å². The first-order valence-corrected chi connectivity index (χ1v) is 5.24. The zero-order chi connectivity index (χ0) is 13.1. The molecule has 18 heavy (non-hydrogen) atoms. The molecule has 92 valence electrons. The van der Waals surface area contributed by atoms with Gasteiger partial charge in [0.05, 0.1) is 0 Å². The van der Waals surface area contributed by atoms with Crippen LogP contribution in [-0.2, 0) is 0 Å². The molecule has 1 N–H and O–H groups in total. The molecule has 0 saturated heterocycles. The Hall–Kier alpha value is -2.50. The molecular formula is C12H11N3O3. The summed E-state index contributed by atoms with van der Waals surface area (Å²) in [5.74, 6) is -0.128. The number of hydrogen-bond donors (Lipinski definition) is 1. The van der Waals surface area contributed by atoms with Crippen molar-refractivity contribution >= 4 is 5.97 Å². The van der Waals surface area contributed by atoms with Crippen LogP contribution in [0.25, 0.3) is 0 Å². The number of aryl methyl sites for hydroxylation is 2. The quantitative estimate of drug-likeness (QED) is 0.889. The Morgan fingerprint density at radius 3 is 2.78 bits per heavy atom. The van der Waals surface area contributed by atoms with Crippen LogP contribution >= 0.6 is 0 Å². The smallest absolute Gasteiger partial charge is 0.358 e. The van der Waals surface area contributed by atoms with Crippen LogP contribution in [0.3, 0.4) is 0 Å². The van der Waals surface area contributed by atoms with Crippen molar-refractivity contribution in [1.82, 2.24) is 15.0 Å². The zero-order valence-electron chi connectivity index (χ0n) is 9.91. The molecular weight excluding hydrogens is 234 g/mol. The van der Waals surface area contributed by atoms with E-state index in [4.69, 9.17) is 9.84 Å². The molecule has 2 rings (SSSR count). The Bertz CT molecular complexity index is 579. The first kappa shape index (κ1) is 12.0. The summed E-state index contributed by atoms with van der Waals surface area (Å²) in [6, 6.07) is 4.76. The highest BCUT2D eigenvalue weighted by Crippen LogP contribution is 2.22. The molecule has 2 aromatic rings. The van der Waals surface area contributed by atoms with Gasteiger partial charge in [-0.3, -0.25) is 0 Å². The molecule has 0 aliphatic carbocycles. The van der Waals surface area contributed by atoms with E-state index in [1.807, 2.05) is 6.92 Å². The Labute approximate surface area is 103 Å². The molecule has 0 atom stereocenters. The van der Waals surface area contributed by atoms with Gasteiger partial charge in [-0.1, -0.05) is 0 Å². The zero-order valence-corrected chi connectivity index (χ0v) is 9.91. The van der Waals surface area contributed by atoms with Gasteiger partial charge in [0.1, 0.15) is 5.82 Å². The third-order valence-electron chi connectivity index (χ3n) is 2.13. The summed E-state index contributed by atoms with van der Waals surface area (Å²) in [6.07, 6.45) is 1.40. The molecule has 0 radical (unpaired) electrons. The third-order valence-corrected chi connectivity index (χ3v) is 2.13. The Morgan fingerprint density at radius 1 is 1.33 bits per heavy atom. The van der Waals surface area contributed by atoms with Gasteiger partial charge in [-0.05, 0) is 26.0 Å². The SMILES string of the molecule is Cc1cc(Oc2cccnc2C(=O)O)nc(C)n1. The minimum Gasteiger partial charge on any atom is -0.476 e. The molecule has 2 aromatic heterocycles. The molecule has 0 unspecified atom stereocenters. The maximum Gasteiger partial charge on any atom is 0.358 e. The van der Waals surface area contributed by atoms with Crippen molar-refractivity contribution < 1.29 is 14.6 Å². The highest BCUT2D eigenvalue weighted by Gasteiger charge is 2.13. The van der Waals surface area contributed by atoms with E-state index >= 15 is 0 Å². The van der Waals surface area contributed by atoms with Crippen molar-refractivity contribution in [1.29, 1.82) is 0 Å². The van der Waals surface area contributed by atoms with Gasteiger partial charge >= 0.3 is 5.97 Å². The largest absolute Gasteiger partial charge is 0.476 e. The molecule has 0 saturated carbocycles. The lowest BCUT2D eigenvalue weighted by atomic mass is 10.3. The second-order valence-electron chi connectivity index (χ2n) is 3.65. The van der Waals surface area contributed by atoms with Crippen molar-refractivity contribution in [3.05, 3.63) is 41.6 Å². The number of carboxylic acids is 1. The minimum atomic E-state index is -1.15. The highest BCUT2D eigenvalue weighted by molar-refractivity contribution is 5.88. The molecule has 2 heterocycles. The average molecular weight is 245 g/mol. The topological polar surface area (TPSA) is 85.2 Å². The number of aromatic nitrogens is 3. The van der Waals surface area contributed by atoms with Crippen molar-refractivity contribution in [3.63, 3.8) is 0 Å². The second kappa shape index (κ2) is 4.79. The van der Waals surface area contributed by atoms with Gasteiger partial charge in [0, 0.05) is 18.0 Å². The predicted molar refractivity (Wildman–Crippen MR) is 62.8 cm³/mol. The third kappa shape index (κ3) is 2.60. The Balaban J connectivity index is 2.37. The summed E-state index contributed by atoms with van der Waals surface area (Å²) in [5.41, 5.74) is 0.602. The Morgan fingerprint density at radius 2 is 2.11 bits per heavy atom. The summed E-state index contributed by atoms with van der Waals surface area (Å²) in [5, 5.41) is 8.98. The van der Waals surface area contributed by atoms with Crippen LogP contribution in [-0.4, -0.2) is 26.0 Å². The number of nitrogens with zero attached hydrogens (tertiary/aromatic N) is 3. The number of ether oxygens (including phenoxy) is 1. The number of carboxylic acid groups (broad SMARTS) is 1. The van der Waals surface area contributed by atoms with E-state index in [-0.39, 0.29) is 11.4 Å². The molecule has 0 spiro atoms. The first-order valence-electron chi connectivity index (χ1n) is 5.24. The van der Waals surface area contributed by atoms with Gasteiger partial charge in [-0.15, -0.1) is 0 Å². The van der Waals surface area contributed by atoms with Gasteiger partial charge in [-0.2, -0.15) is 4.98 Å². The van der Waals surface area contributed by atoms with Crippen LogP contribution < -0.4 is 4.74 Å². The lowest BCUT2D eigenvalue weighted by molar-refractivity contribution is 0.0687. The predicted octanol–water partition coefficient (Wildman–Crippen LogP) is 1.98. The van der Waals surface area contributed by atoms with E-state index < -0.39 is 5.97 Å². The maximum atomic E-state index is 11.0. The number of pyridine rings is 1. The number of hydrogen-bond acceptors (Lipinski definition) is 5. The van der Waals surface area contributed by atoms with Crippen molar-refractivity contribution in [2.45, 2.75) is 13.8 Å². The van der Waals surface area contributed by atoms with Crippen molar-refractivity contribution in [2.75, 3.05) is 0 Å². The molecule has 0 bridgehead atoms. The Kier molecular flexibility index (Phi) is 3.18. The van der Waals surface area contributed by atoms with Gasteiger partial charge in [-0.25, -0.2) is 14.8 Å². The molecule has 0 fully saturated rings. The fourth-order valence-electron chi connectivity index (χ4n) is 1.48. The second-order valence-corrected chi connectivity index (χ2v) is 3.65. The van der Waals surface area contributed by atoms with Gasteiger partial charge in [0.2, 0.25) is 5.88 Å². The standard InChI is InChI=1S/C12H11N3O3/c1-7-6-10(15-8(2)14-7)18-9-4-3-5-13-11(9)12(16)17/h3-6H,1-2H3,(H,16,17). The fraction of sp³-hybridized carbons (Fsp3) is 0.167. The van der Waals surface area contributed by atoms with E-state index in [0.29, 0.717) is 11.7 Å². The maximum absolute atomic E-state index is 11.0. The summed E-state index contributed by atoms with van der Waals surface area (Å²) in [4.78, 5) is 22.9. The lowest BCUT2D eigenvalue weighted by Gasteiger charge is -2.07. The van der Waals surface area contributed by atoms with E-state index in [1.165, 1.54) is 12.3 Å². The van der Waals surface area contributed by atoms with Crippen LogP contribution in [0.2, 0.25) is 0 Å². The monoisotopic (exact) mass is 245 g/mol. The highest BCUT2D eigenvalue weighted by atomic mass is 16.5. The van der Waals surface area contributed by atoms with Crippen LogP contribution in [0, 0.1) is 13.8 Å². The van der Waals surface area contributed by atoms with Crippen molar-refractivity contribution in [3.8, 4) is 11.6 Å². The molecule has 0 aliphatic heterocycles. The van der Waals surface area contributed by atoms with Gasteiger partial charge < -0.3 is 9.84 Å². The van der Waals surface area contributed by atoms with Crippen LogP contribution in [0.5, 0.6) is 11.6 Å². The van der Waals surface area contributed by atoms with Crippen LogP contribution in [0.15, 0.2) is 24.4 Å². The number of carbonyl (C=O) groups is 1. The number of aromatic carboxylic acids is 1. The fourth-order valence-corrected chi connectivity index (χ4v) is 1.48. The molecule has 0 amide bonds. The minimum absolute atomic E-state index is 0.147. The first-order chi connectivity index (χ1) is 8.56. The molecule has 0 aliphatic rings. The van der Waals surface area contributed by atoms with Crippen LogP contribution in [0.4, 0.5) is 0 Å². The lowest BCUT2D eigenvalue weighted by Crippen LogP contribution is -2.04. The molecule has 6 heteroatoms. The molecule has 6 nitrogen and oxygen atoms in total. The van der Waals surface area contributed by atoms with E-state index in [0.717, 1.165) is 5.69 Å². The normalized spacial score (nSPS) is 10.1. The molecule has 0 aromatic carbocycles. The van der Waals surface area contributed by atoms with E-state index in [9.17, 15) is 4.79 Å².